The summed E-state index contributed by atoms with van der Waals surface area (Å²) >= 11 is 2.85. The Hall–Kier alpha value is -1.09. The van der Waals surface area contributed by atoms with Crippen molar-refractivity contribution in [2.75, 3.05) is 17.2 Å². The quantitative estimate of drug-likeness (QED) is 0.605. The minimum atomic E-state index is -4.69. The molecule has 0 bridgehead atoms. The van der Waals surface area contributed by atoms with Crippen molar-refractivity contribution in [3.8, 4) is 0 Å². The van der Waals surface area contributed by atoms with Crippen molar-refractivity contribution in [1.82, 2.24) is 0 Å². The summed E-state index contributed by atoms with van der Waals surface area (Å²) in [4.78, 5) is 12.9. The predicted octanol–water partition coefficient (Wildman–Crippen LogP) is 2.38. The summed E-state index contributed by atoms with van der Waals surface area (Å²) in [5.41, 5.74) is 0.0904. The van der Waals surface area contributed by atoms with Gasteiger partial charge in [0.1, 0.15) is 0 Å². The first-order valence-corrected chi connectivity index (χ1v) is 7.90. The summed E-state index contributed by atoms with van der Waals surface area (Å²) in [6, 6.07) is 2.06. The molecular formula is C11H9BrF3NO3S. The Morgan fingerprint density at radius 2 is 2.00 bits per heavy atom. The molecule has 0 radical (unpaired) electrons. The molecule has 1 heterocycles. The Morgan fingerprint density at radius 3 is 2.60 bits per heavy atom. The number of hydrogen-bond donors (Lipinski definition) is 0. The van der Waals surface area contributed by atoms with E-state index in [0.717, 1.165) is 11.0 Å². The summed E-state index contributed by atoms with van der Waals surface area (Å²) < 4.78 is 60.0. The average Bonchev–Trinajstić information content (AvgIpc) is 2.65. The number of halogens is 4. The smallest absolute Gasteiger partial charge is 0.302 e. The fourth-order valence-electron chi connectivity index (χ4n) is 2.13. The first kappa shape index (κ1) is 15.3. The van der Waals surface area contributed by atoms with Gasteiger partial charge in [0.15, 0.2) is 11.6 Å². The van der Waals surface area contributed by atoms with Gasteiger partial charge in [-0.25, -0.2) is 8.78 Å². The first-order valence-electron chi connectivity index (χ1n) is 5.55. The number of anilines is 1. The van der Waals surface area contributed by atoms with Gasteiger partial charge >= 0.3 is 10.2 Å². The van der Waals surface area contributed by atoms with Crippen molar-refractivity contribution >= 4 is 37.7 Å². The Bertz CT molecular complexity index is 665. The Kier molecular flexibility index (Phi) is 4.10. The molecule has 1 atom stereocenters. The van der Waals surface area contributed by atoms with E-state index >= 15 is 0 Å². The van der Waals surface area contributed by atoms with E-state index in [2.05, 4.69) is 15.9 Å². The second kappa shape index (κ2) is 5.36. The third-order valence-electron chi connectivity index (χ3n) is 2.95. The summed E-state index contributed by atoms with van der Waals surface area (Å²) in [6.07, 6.45) is -0.158. The molecule has 0 saturated carbocycles. The van der Waals surface area contributed by atoms with Crippen LogP contribution in [-0.2, 0) is 15.0 Å². The third kappa shape index (κ3) is 3.14. The summed E-state index contributed by atoms with van der Waals surface area (Å²) in [5, 5.41) is 0. The van der Waals surface area contributed by atoms with E-state index in [9.17, 15) is 25.9 Å². The van der Waals surface area contributed by atoms with Crippen LogP contribution in [0.1, 0.15) is 6.42 Å². The Morgan fingerprint density at radius 1 is 1.35 bits per heavy atom. The number of nitrogens with zero attached hydrogens (tertiary/aromatic N) is 1. The van der Waals surface area contributed by atoms with Crippen molar-refractivity contribution in [2.45, 2.75) is 6.42 Å². The minimum Gasteiger partial charge on any atom is -0.311 e. The SMILES string of the molecule is O=C1CC(CS(=O)(=O)F)CN1c1ccc(F)c(F)c1Br. The summed E-state index contributed by atoms with van der Waals surface area (Å²) in [7, 11) is -4.69. The largest absolute Gasteiger partial charge is 0.311 e. The molecule has 2 rings (SSSR count). The molecule has 0 N–H and O–H groups in total. The molecule has 110 valence electrons. The summed E-state index contributed by atoms with van der Waals surface area (Å²) in [5.74, 6) is -4.16. The highest BCUT2D eigenvalue weighted by Crippen LogP contribution is 2.34. The van der Waals surface area contributed by atoms with Crippen LogP contribution < -0.4 is 4.90 Å². The van der Waals surface area contributed by atoms with Crippen LogP contribution in [-0.4, -0.2) is 26.6 Å². The molecule has 1 aliphatic rings. The van der Waals surface area contributed by atoms with Crippen LogP contribution in [0.2, 0.25) is 0 Å². The molecule has 1 fully saturated rings. The van der Waals surface area contributed by atoms with Gasteiger partial charge in [-0.2, -0.15) is 8.42 Å². The maximum Gasteiger partial charge on any atom is 0.302 e. The fraction of sp³-hybridized carbons (Fsp3) is 0.364. The molecule has 1 saturated heterocycles. The predicted molar refractivity (Wildman–Crippen MR) is 69.4 cm³/mol. The standard InChI is InChI=1S/C11H9BrF3NO3S/c12-10-8(2-1-7(13)11(10)14)16-4-6(3-9(16)17)5-20(15,18)19/h1-2,6H,3-5H2. The van der Waals surface area contributed by atoms with Crippen molar-refractivity contribution in [2.24, 2.45) is 5.92 Å². The van der Waals surface area contributed by atoms with Gasteiger partial charge < -0.3 is 4.90 Å². The van der Waals surface area contributed by atoms with Crippen LogP contribution in [0, 0.1) is 17.6 Å². The van der Waals surface area contributed by atoms with Crippen molar-refractivity contribution in [3.05, 3.63) is 28.2 Å². The molecule has 9 heteroatoms. The number of hydrogen-bond acceptors (Lipinski definition) is 3. The zero-order valence-electron chi connectivity index (χ0n) is 9.95. The maximum absolute atomic E-state index is 13.4. The molecule has 1 aromatic carbocycles. The molecule has 0 aliphatic carbocycles. The topological polar surface area (TPSA) is 54.5 Å². The van der Waals surface area contributed by atoms with Crippen molar-refractivity contribution in [3.63, 3.8) is 0 Å². The van der Waals surface area contributed by atoms with E-state index in [1.165, 1.54) is 6.07 Å². The van der Waals surface area contributed by atoms with E-state index < -0.39 is 39.4 Å². The van der Waals surface area contributed by atoms with Crippen LogP contribution in [0.15, 0.2) is 16.6 Å². The van der Waals surface area contributed by atoms with E-state index in [1.54, 1.807) is 0 Å². The highest BCUT2D eigenvalue weighted by atomic mass is 79.9. The molecule has 0 aromatic heterocycles. The number of amides is 1. The van der Waals surface area contributed by atoms with E-state index in [-0.39, 0.29) is 23.1 Å². The molecule has 20 heavy (non-hydrogen) atoms. The van der Waals surface area contributed by atoms with Crippen molar-refractivity contribution < 1.29 is 25.9 Å². The normalized spacial score (nSPS) is 19.7. The lowest BCUT2D eigenvalue weighted by molar-refractivity contribution is -0.117. The number of carbonyl (C=O) groups is 1. The molecule has 1 amide bonds. The van der Waals surface area contributed by atoms with Gasteiger partial charge in [-0.3, -0.25) is 4.79 Å². The second-order valence-electron chi connectivity index (χ2n) is 4.47. The van der Waals surface area contributed by atoms with Gasteiger partial charge in [0, 0.05) is 18.9 Å². The zero-order chi connectivity index (χ0) is 15.1. The van der Waals surface area contributed by atoms with Gasteiger partial charge in [0.05, 0.1) is 15.9 Å². The average molecular weight is 372 g/mol. The minimum absolute atomic E-state index is 0.0638. The lowest BCUT2D eigenvalue weighted by Gasteiger charge is -2.18. The van der Waals surface area contributed by atoms with Crippen LogP contribution in [0.4, 0.5) is 18.4 Å². The van der Waals surface area contributed by atoms with Gasteiger partial charge in [0.2, 0.25) is 5.91 Å². The molecule has 1 aromatic rings. The lowest BCUT2D eigenvalue weighted by Crippen LogP contribution is -2.26. The maximum atomic E-state index is 13.4. The van der Waals surface area contributed by atoms with E-state index in [4.69, 9.17) is 0 Å². The second-order valence-corrected chi connectivity index (χ2v) is 6.68. The lowest BCUT2D eigenvalue weighted by atomic mass is 10.1. The monoisotopic (exact) mass is 371 g/mol. The van der Waals surface area contributed by atoms with Crippen LogP contribution >= 0.6 is 15.9 Å². The number of benzene rings is 1. The van der Waals surface area contributed by atoms with Gasteiger partial charge in [0.25, 0.3) is 0 Å². The van der Waals surface area contributed by atoms with Gasteiger partial charge in [-0.05, 0) is 28.1 Å². The van der Waals surface area contributed by atoms with E-state index in [1.807, 2.05) is 0 Å². The molecule has 4 nitrogen and oxygen atoms in total. The highest BCUT2D eigenvalue weighted by molar-refractivity contribution is 9.10. The van der Waals surface area contributed by atoms with Gasteiger partial charge in [-0.15, -0.1) is 3.89 Å². The van der Waals surface area contributed by atoms with Crippen LogP contribution in [0.5, 0.6) is 0 Å². The van der Waals surface area contributed by atoms with Crippen molar-refractivity contribution in [1.29, 1.82) is 0 Å². The highest BCUT2D eigenvalue weighted by Gasteiger charge is 2.35. The number of rotatable bonds is 3. The Balaban J connectivity index is 2.27. The van der Waals surface area contributed by atoms with E-state index in [0.29, 0.717) is 0 Å². The van der Waals surface area contributed by atoms with Crippen LogP contribution in [0.3, 0.4) is 0 Å². The molecule has 1 unspecified atom stereocenters. The molecule has 0 spiro atoms. The zero-order valence-corrected chi connectivity index (χ0v) is 12.3. The van der Waals surface area contributed by atoms with Crippen LogP contribution in [0.25, 0.3) is 0 Å². The number of carbonyl (C=O) groups excluding carboxylic acids is 1. The molecular weight excluding hydrogens is 363 g/mol. The Labute approximate surface area is 121 Å². The first-order chi connectivity index (χ1) is 9.19. The summed E-state index contributed by atoms with van der Waals surface area (Å²) in [6.45, 7) is -0.0638. The van der Waals surface area contributed by atoms with Gasteiger partial charge in [-0.1, -0.05) is 0 Å². The molecule has 1 aliphatic heterocycles. The fourth-order valence-corrected chi connectivity index (χ4v) is 3.45. The third-order valence-corrected chi connectivity index (χ3v) is 4.57.